The molecule has 0 aromatic heterocycles. The number of aryl methyl sites for hydroxylation is 1. The lowest BCUT2D eigenvalue weighted by molar-refractivity contribution is -0.136. The Kier molecular flexibility index (Phi) is 6.59. The number of para-hydroxylation sites is 1. The standard InChI is InChI=1S/C9H10O2.C3H6O2/c1-7-5-3-4-6-9(7)11-8(2)10;1-2-3(4)5/h3-6H,1-2H3;2H2,1H3,(H,4,5). The number of esters is 1. The number of carboxylic acids is 1. The number of ether oxygens (including phenoxy) is 1. The van der Waals surface area contributed by atoms with Crippen LogP contribution < -0.4 is 4.74 Å². The van der Waals surface area contributed by atoms with E-state index in [-0.39, 0.29) is 12.4 Å². The molecule has 88 valence electrons. The van der Waals surface area contributed by atoms with E-state index in [0.29, 0.717) is 5.75 Å². The Bertz CT molecular complexity index is 358. The Morgan fingerprint density at radius 2 is 1.81 bits per heavy atom. The number of carbonyl (C=O) groups is 2. The van der Waals surface area contributed by atoms with Crippen molar-refractivity contribution in [2.45, 2.75) is 27.2 Å². The molecule has 0 saturated heterocycles. The average Bonchev–Trinajstić information content (AvgIpc) is 2.22. The zero-order valence-corrected chi connectivity index (χ0v) is 9.69. The van der Waals surface area contributed by atoms with E-state index < -0.39 is 5.97 Å². The highest BCUT2D eigenvalue weighted by Gasteiger charge is 1.99. The molecule has 16 heavy (non-hydrogen) atoms. The largest absolute Gasteiger partial charge is 0.481 e. The van der Waals surface area contributed by atoms with Gasteiger partial charge in [-0.05, 0) is 18.6 Å². The summed E-state index contributed by atoms with van der Waals surface area (Å²) >= 11 is 0. The van der Waals surface area contributed by atoms with Crippen LogP contribution in [0.4, 0.5) is 0 Å². The van der Waals surface area contributed by atoms with Crippen molar-refractivity contribution in [3.8, 4) is 5.75 Å². The summed E-state index contributed by atoms with van der Waals surface area (Å²) in [7, 11) is 0. The van der Waals surface area contributed by atoms with Crippen LogP contribution in [0.25, 0.3) is 0 Å². The first-order chi connectivity index (χ1) is 7.47. The maximum absolute atomic E-state index is 10.5. The van der Waals surface area contributed by atoms with E-state index in [1.165, 1.54) is 6.92 Å². The molecule has 0 aliphatic heterocycles. The molecule has 1 aromatic rings. The van der Waals surface area contributed by atoms with E-state index in [1.807, 2.05) is 25.1 Å². The summed E-state index contributed by atoms with van der Waals surface area (Å²) in [6, 6.07) is 7.42. The first-order valence-corrected chi connectivity index (χ1v) is 4.93. The number of hydrogen-bond acceptors (Lipinski definition) is 3. The van der Waals surface area contributed by atoms with Gasteiger partial charge in [-0.1, -0.05) is 25.1 Å². The van der Waals surface area contributed by atoms with Gasteiger partial charge in [0.15, 0.2) is 0 Å². The molecule has 0 amide bonds. The Morgan fingerprint density at radius 1 is 1.31 bits per heavy atom. The molecule has 4 nitrogen and oxygen atoms in total. The molecule has 0 heterocycles. The van der Waals surface area contributed by atoms with Gasteiger partial charge in [0.2, 0.25) is 0 Å². The normalized spacial score (nSPS) is 8.69. The molecule has 0 aliphatic carbocycles. The van der Waals surface area contributed by atoms with Crippen LogP contribution in [0, 0.1) is 6.92 Å². The van der Waals surface area contributed by atoms with E-state index >= 15 is 0 Å². The van der Waals surface area contributed by atoms with Gasteiger partial charge in [-0.15, -0.1) is 0 Å². The number of rotatable bonds is 2. The Labute approximate surface area is 94.9 Å². The van der Waals surface area contributed by atoms with E-state index in [2.05, 4.69) is 0 Å². The molecule has 0 unspecified atom stereocenters. The summed E-state index contributed by atoms with van der Waals surface area (Å²) in [5, 5.41) is 7.72. The zero-order valence-electron chi connectivity index (χ0n) is 9.69. The molecule has 1 aromatic carbocycles. The number of carboxylic acid groups (broad SMARTS) is 1. The molecular weight excluding hydrogens is 208 g/mol. The lowest BCUT2D eigenvalue weighted by Crippen LogP contribution is -2.02. The van der Waals surface area contributed by atoms with Crippen LogP contribution in [0.5, 0.6) is 5.75 Å². The topological polar surface area (TPSA) is 63.6 Å². The van der Waals surface area contributed by atoms with E-state index in [4.69, 9.17) is 9.84 Å². The van der Waals surface area contributed by atoms with Gasteiger partial charge < -0.3 is 9.84 Å². The first kappa shape index (κ1) is 14.2. The Balaban J connectivity index is 0.000000385. The van der Waals surface area contributed by atoms with Gasteiger partial charge in [0.25, 0.3) is 0 Å². The molecular formula is C12H16O4. The zero-order chi connectivity index (χ0) is 12.6. The fourth-order valence-corrected chi connectivity index (χ4v) is 0.826. The van der Waals surface area contributed by atoms with Crippen LogP contribution in [0.15, 0.2) is 24.3 Å². The minimum atomic E-state index is -0.745. The average molecular weight is 224 g/mol. The number of aliphatic carboxylic acids is 1. The second-order valence-electron chi connectivity index (χ2n) is 3.11. The summed E-state index contributed by atoms with van der Waals surface area (Å²) in [5.74, 6) is -0.385. The monoisotopic (exact) mass is 224 g/mol. The highest BCUT2D eigenvalue weighted by molar-refractivity contribution is 5.69. The maximum atomic E-state index is 10.5. The Hall–Kier alpha value is -1.84. The minimum absolute atomic E-state index is 0.222. The van der Waals surface area contributed by atoms with Gasteiger partial charge in [-0.25, -0.2) is 0 Å². The van der Waals surface area contributed by atoms with Gasteiger partial charge in [0.1, 0.15) is 5.75 Å². The summed E-state index contributed by atoms with van der Waals surface area (Å²) in [6.45, 7) is 4.90. The highest BCUT2D eigenvalue weighted by Crippen LogP contribution is 2.15. The number of hydrogen-bond donors (Lipinski definition) is 1. The second-order valence-corrected chi connectivity index (χ2v) is 3.11. The van der Waals surface area contributed by atoms with Crippen molar-refractivity contribution in [3.05, 3.63) is 29.8 Å². The van der Waals surface area contributed by atoms with Gasteiger partial charge in [-0.3, -0.25) is 9.59 Å². The van der Waals surface area contributed by atoms with Crippen LogP contribution in [0.2, 0.25) is 0 Å². The third-order valence-corrected chi connectivity index (χ3v) is 1.65. The number of benzene rings is 1. The van der Waals surface area contributed by atoms with Gasteiger partial charge in [0, 0.05) is 13.3 Å². The molecule has 0 fully saturated rings. The number of carbonyl (C=O) groups excluding carboxylic acids is 1. The molecule has 0 spiro atoms. The molecule has 0 atom stereocenters. The second kappa shape index (κ2) is 7.45. The van der Waals surface area contributed by atoms with Crippen molar-refractivity contribution >= 4 is 11.9 Å². The van der Waals surface area contributed by atoms with E-state index in [0.717, 1.165) is 5.56 Å². The van der Waals surface area contributed by atoms with Gasteiger partial charge in [0.05, 0.1) is 0 Å². The van der Waals surface area contributed by atoms with Crippen LogP contribution in [0.1, 0.15) is 25.8 Å². The van der Waals surface area contributed by atoms with Crippen molar-refractivity contribution in [2.24, 2.45) is 0 Å². The first-order valence-electron chi connectivity index (χ1n) is 4.93. The van der Waals surface area contributed by atoms with Crippen molar-refractivity contribution in [2.75, 3.05) is 0 Å². The van der Waals surface area contributed by atoms with Crippen LogP contribution in [0.3, 0.4) is 0 Å². The van der Waals surface area contributed by atoms with Crippen molar-refractivity contribution in [3.63, 3.8) is 0 Å². The fourth-order valence-electron chi connectivity index (χ4n) is 0.826. The SMILES string of the molecule is CC(=O)Oc1ccccc1C.CCC(=O)O. The van der Waals surface area contributed by atoms with Crippen molar-refractivity contribution in [1.82, 2.24) is 0 Å². The van der Waals surface area contributed by atoms with Crippen LogP contribution in [-0.2, 0) is 9.59 Å². The lowest BCUT2D eigenvalue weighted by atomic mass is 10.2. The summed E-state index contributed by atoms with van der Waals surface area (Å²) in [4.78, 5) is 19.9. The van der Waals surface area contributed by atoms with Crippen LogP contribution in [-0.4, -0.2) is 17.0 Å². The molecule has 1 rings (SSSR count). The van der Waals surface area contributed by atoms with Gasteiger partial charge in [-0.2, -0.15) is 0 Å². The smallest absolute Gasteiger partial charge is 0.308 e. The summed E-state index contributed by atoms with van der Waals surface area (Å²) in [6.07, 6.45) is 0.222. The molecule has 0 radical (unpaired) electrons. The predicted octanol–water partition coefficient (Wildman–Crippen LogP) is 2.40. The lowest BCUT2D eigenvalue weighted by Gasteiger charge is -2.02. The molecule has 0 bridgehead atoms. The predicted molar refractivity (Wildman–Crippen MR) is 60.4 cm³/mol. The minimum Gasteiger partial charge on any atom is -0.481 e. The maximum Gasteiger partial charge on any atom is 0.308 e. The fraction of sp³-hybridized carbons (Fsp3) is 0.333. The van der Waals surface area contributed by atoms with E-state index in [9.17, 15) is 9.59 Å². The van der Waals surface area contributed by atoms with Gasteiger partial charge >= 0.3 is 11.9 Å². The van der Waals surface area contributed by atoms with Crippen LogP contribution >= 0.6 is 0 Å². The quantitative estimate of drug-likeness (QED) is 0.619. The molecule has 0 saturated carbocycles. The van der Waals surface area contributed by atoms with Crippen molar-refractivity contribution < 1.29 is 19.4 Å². The van der Waals surface area contributed by atoms with E-state index in [1.54, 1.807) is 13.0 Å². The molecule has 1 N–H and O–H groups in total. The summed E-state index contributed by atoms with van der Waals surface area (Å²) < 4.78 is 4.91. The molecule has 4 heteroatoms. The Morgan fingerprint density at radius 3 is 2.19 bits per heavy atom. The molecule has 0 aliphatic rings. The highest BCUT2D eigenvalue weighted by atomic mass is 16.5. The third-order valence-electron chi connectivity index (χ3n) is 1.65. The summed E-state index contributed by atoms with van der Waals surface area (Å²) in [5.41, 5.74) is 0.975. The van der Waals surface area contributed by atoms with Crippen molar-refractivity contribution in [1.29, 1.82) is 0 Å². The third kappa shape index (κ3) is 6.59.